The van der Waals surface area contributed by atoms with Crippen molar-refractivity contribution in [2.24, 2.45) is 5.73 Å². The molecule has 0 aliphatic heterocycles. The summed E-state index contributed by atoms with van der Waals surface area (Å²) in [6.07, 6.45) is 2.21. The molecule has 3 N–H and O–H groups in total. The van der Waals surface area contributed by atoms with Crippen LogP contribution in [0.25, 0.3) is 0 Å². The van der Waals surface area contributed by atoms with Crippen LogP contribution >= 0.6 is 0 Å². The molecule has 0 aliphatic rings. The zero-order valence-corrected chi connectivity index (χ0v) is 10.9. The van der Waals surface area contributed by atoms with Gasteiger partial charge in [0.2, 0.25) is 0 Å². The number of nitrogens with one attached hydrogen (secondary N) is 1. The minimum Gasteiger partial charge on any atom is -0.385 e. The van der Waals surface area contributed by atoms with Gasteiger partial charge in [-0.15, -0.1) is 0 Å². The van der Waals surface area contributed by atoms with Crippen molar-refractivity contribution in [1.82, 2.24) is 0 Å². The van der Waals surface area contributed by atoms with E-state index in [1.54, 1.807) is 0 Å². The number of hydrogen-bond donors (Lipinski definition) is 2. The first kappa shape index (κ1) is 13.0. The molecule has 2 heteroatoms. The summed E-state index contributed by atoms with van der Waals surface area (Å²) in [4.78, 5) is 0. The van der Waals surface area contributed by atoms with E-state index in [2.05, 4.69) is 45.1 Å². The van der Waals surface area contributed by atoms with Crippen LogP contribution in [0.3, 0.4) is 0 Å². The van der Waals surface area contributed by atoms with Crippen molar-refractivity contribution < 1.29 is 0 Å². The van der Waals surface area contributed by atoms with Gasteiger partial charge in [-0.2, -0.15) is 0 Å². The van der Waals surface area contributed by atoms with Crippen LogP contribution in [-0.4, -0.2) is 12.6 Å². The molecule has 1 unspecified atom stereocenters. The van der Waals surface area contributed by atoms with Gasteiger partial charge in [0.25, 0.3) is 0 Å². The first-order valence-electron chi connectivity index (χ1n) is 6.08. The van der Waals surface area contributed by atoms with Gasteiger partial charge in [-0.25, -0.2) is 0 Å². The molecule has 1 aromatic rings. The highest BCUT2D eigenvalue weighted by atomic mass is 14.9. The quantitative estimate of drug-likeness (QED) is 0.748. The molecule has 0 aliphatic carbocycles. The Bertz CT molecular complexity index is 343. The van der Waals surface area contributed by atoms with Gasteiger partial charge in [0.15, 0.2) is 0 Å². The van der Waals surface area contributed by atoms with Gasteiger partial charge in [-0.3, -0.25) is 0 Å². The zero-order valence-electron chi connectivity index (χ0n) is 10.9. The van der Waals surface area contributed by atoms with Crippen molar-refractivity contribution in [3.63, 3.8) is 0 Å². The summed E-state index contributed by atoms with van der Waals surface area (Å²) in [6.45, 7) is 9.57. The van der Waals surface area contributed by atoms with Crippen LogP contribution in [0.15, 0.2) is 12.1 Å². The lowest BCUT2D eigenvalue weighted by Gasteiger charge is -2.13. The van der Waals surface area contributed by atoms with Gasteiger partial charge in [0, 0.05) is 18.3 Å². The Morgan fingerprint density at radius 1 is 1.19 bits per heavy atom. The van der Waals surface area contributed by atoms with E-state index in [4.69, 9.17) is 5.73 Å². The van der Waals surface area contributed by atoms with Crippen LogP contribution in [0.5, 0.6) is 0 Å². The van der Waals surface area contributed by atoms with E-state index in [0.29, 0.717) is 6.04 Å². The number of rotatable bonds is 5. The highest BCUT2D eigenvalue weighted by Crippen LogP contribution is 2.21. The average molecular weight is 220 g/mol. The third kappa shape index (κ3) is 3.53. The Hall–Kier alpha value is -1.02. The highest BCUT2D eigenvalue weighted by Gasteiger charge is 2.02. The smallest absolute Gasteiger partial charge is 0.0372 e. The number of benzene rings is 1. The van der Waals surface area contributed by atoms with Crippen molar-refractivity contribution in [3.05, 3.63) is 28.8 Å². The van der Waals surface area contributed by atoms with Crippen LogP contribution in [-0.2, 0) is 0 Å². The Morgan fingerprint density at radius 2 is 1.88 bits per heavy atom. The molecule has 1 rings (SSSR count). The molecule has 1 atom stereocenters. The van der Waals surface area contributed by atoms with E-state index < -0.39 is 0 Å². The topological polar surface area (TPSA) is 38.0 Å². The van der Waals surface area contributed by atoms with E-state index >= 15 is 0 Å². The van der Waals surface area contributed by atoms with E-state index in [-0.39, 0.29) is 0 Å². The Labute approximate surface area is 99.2 Å². The van der Waals surface area contributed by atoms with Gasteiger partial charge >= 0.3 is 0 Å². The van der Waals surface area contributed by atoms with Crippen molar-refractivity contribution in [3.8, 4) is 0 Å². The van der Waals surface area contributed by atoms with Crippen LogP contribution in [0, 0.1) is 20.8 Å². The van der Waals surface area contributed by atoms with Gasteiger partial charge in [-0.05, 0) is 63.3 Å². The minimum absolute atomic E-state index is 0.308. The van der Waals surface area contributed by atoms with Gasteiger partial charge in [0.05, 0.1) is 0 Å². The summed E-state index contributed by atoms with van der Waals surface area (Å²) in [5.74, 6) is 0. The molecule has 0 saturated carbocycles. The van der Waals surface area contributed by atoms with Crippen LogP contribution in [0.4, 0.5) is 5.69 Å². The monoisotopic (exact) mass is 220 g/mol. The summed E-state index contributed by atoms with van der Waals surface area (Å²) in [6, 6.07) is 4.65. The maximum absolute atomic E-state index is 5.72. The van der Waals surface area contributed by atoms with E-state index in [0.717, 1.165) is 19.4 Å². The van der Waals surface area contributed by atoms with Crippen LogP contribution < -0.4 is 11.1 Å². The summed E-state index contributed by atoms with van der Waals surface area (Å²) < 4.78 is 0. The van der Waals surface area contributed by atoms with Crippen LogP contribution in [0.2, 0.25) is 0 Å². The predicted octanol–water partition coefficient (Wildman–Crippen LogP) is 3.15. The Morgan fingerprint density at radius 3 is 2.50 bits per heavy atom. The molecular formula is C14H24N2. The number of nitrogens with two attached hydrogens (primary N) is 1. The largest absolute Gasteiger partial charge is 0.385 e. The first-order valence-corrected chi connectivity index (χ1v) is 6.08. The predicted molar refractivity (Wildman–Crippen MR) is 72.0 cm³/mol. The van der Waals surface area contributed by atoms with Crippen molar-refractivity contribution in [1.29, 1.82) is 0 Å². The van der Waals surface area contributed by atoms with Gasteiger partial charge in [0.1, 0.15) is 0 Å². The number of aryl methyl sites for hydroxylation is 1. The van der Waals surface area contributed by atoms with Crippen molar-refractivity contribution >= 4 is 5.69 Å². The molecule has 0 radical (unpaired) electrons. The summed E-state index contributed by atoms with van der Waals surface area (Å²) in [5, 5.41) is 3.48. The lowest BCUT2D eigenvalue weighted by atomic mass is 10.0. The maximum Gasteiger partial charge on any atom is 0.0372 e. The Kier molecular flexibility index (Phi) is 4.81. The minimum atomic E-state index is 0.308. The second-order valence-corrected chi connectivity index (χ2v) is 4.73. The molecule has 0 heterocycles. The molecule has 0 spiro atoms. The molecular weight excluding hydrogens is 196 g/mol. The van der Waals surface area contributed by atoms with E-state index in [1.807, 2.05) is 0 Å². The number of hydrogen-bond acceptors (Lipinski definition) is 2. The van der Waals surface area contributed by atoms with Crippen LogP contribution in [0.1, 0.15) is 36.5 Å². The third-order valence-corrected chi connectivity index (χ3v) is 3.21. The van der Waals surface area contributed by atoms with Crippen molar-refractivity contribution in [2.75, 3.05) is 11.9 Å². The molecule has 0 fully saturated rings. The fraction of sp³-hybridized carbons (Fsp3) is 0.571. The lowest BCUT2D eigenvalue weighted by molar-refractivity contribution is 0.639. The molecule has 1 aromatic carbocycles. The normalized spacial score (nSPS) is 12.6. The maximum atomic E-state index is 5.72. The molecule has 16 heavy (non-hydrogen) atoms. The fourth-order valence-corrected chi connectivity index (χ4v) is 1.79. The Balaban J connectivity index is 2.52. The second-order valence-electron chi connectivity index (χ2n) is 4.73. The lowest BCUT2D eigenvalue weighted by Crippen LogP contribution is -2.16. The molecule has 0 amide bonds. The first-order chi connectivity index (χ1) is 7.52. The average Bonchev–Trinajstić information content (AvgIpc) is 2.23. The molecule has 2 nitrogen and oxygen atoms in total. The molecule has 90 valence electrons. The molecule has 0 saturated heterocycles. The zero-order chi connectivity index (χ0) is 12.1. The van der Waals surface area contributed by atoms with Gasteiger partial charge in [-0.1, -0.05) is 6.07 Å². The fourth-order valence-electron chi connectivity index (χ4n) is 1.79. The van der Waals surface area contributed by atoms with Crippen molar-refractivity contribution in [2.45, 2.75) is 46.6 Å². The van der Waals surface area contributed by atoms with E-state index in [9.17, 15) is 0 Å². The highest BCUT2D eigenvalue weighted by molar-refractivity contribution is 5.55. The second kappa shape index (κ2) is 5.90. The SMILES string of the molecule is Cc1ccc(NCCCC(C)N)c(C)c1C. The van der Waals surface area contributed by atoms with Gasteiger partial charge < -0.3 is 11.1 Å². The number of anilines is 1. The summed E-state index contributed by atoms with van der Waals surface area (Å²) in [7, 11) is 0. The third-order valence-electron chi connectivity index (χ3n) is 3.21. The van der Waals surface area contributed by atoms with E-state index in [1.165, 1.54) is 22.4 Å². The summed E-state index contributed by atoms with van der Waals surface area (Å²) in [5.41, 5.74) is 11.1. The molecule has 0 bridgehead atoms. The molecule has 0 aromatic heterocycles. The summed E-state index contributed by atoms with van der Waals surface area (Å²) >= 11 is 0. The standard InChI is InChI=1S/C14H24N2/c1-10-7-8-14(13(4)12(10)3)16-9-5-6-11(2)15/h7-8,11,16H,5-6,9,15H2,1-4H3.